The van der Waals surface area contributed by atoms with Crippen LogP contribution in [0.3, 0.4) is 0 Å². The van der Waals surface area contributed by atoms with Crippen LogP contribution in [0, 0.1) is 11.3 Å². The molecule has 1 N–H and O–H groups in total. The first-order chi connectivity index (χ1) is 15.4. The van der Waals surface area contributed by atoms with Gasteiger partial charge in [0.25, 0.3) is 0 Å². The summed E-state index contributed by atoms with van der Waals surface area (Å²) in [5, 5.41) is 13.0. The molecule has 3 heterocycles. The summed E-state index contributed by atoms with van der Waals surface area (Å²) < 4.78 is 38.9. The lowest BCUT2D eigenvalue weighted by Crippen LogP contribution is -2.48. The largest absolute Gasteiger partial charge is 0.433 e. The van der Waals surface area contributed by atoms with Gasteiger partial charge in [0.2, 0.25) is 0 Å². The van der Waals surface area contributed by atoms with Gasteiger partial charge in [0, 0.05) is 57.4 Å². The second kappa shape index (κ2) is 10.8. The van der Waals surface area contributed by atoms with Gasteiger partial charge in [0.1, 0.15) is 11.5 Å². The number of rotatable bonds is 6. The highest BCUT2D eigenvalue weighted by Crippen LogP contribution is 2.31. The Morgan fingerprint density at radius 1 is 1.06 bits per heavy atom. The summed E-state index contributed by atoms with van der Waals surface area (Å²) in [6.07, 6.45) is -2.95. The van der Waals surface area contributed by atoms with Crippen molar-refractivity contribution in [1.29, 1.82) is 5.26 Å². The third-order valence-electron chi connectivity index (χ3n) is 5.55. The van der Waals surface area contributed by atoms with Gasteiger partial charge in [-0.15, -0.1) is 12.4 Å². The normalized spacial score (nSPS) is 14.7. The van der Waals surface area contributed by atoms with Gasteiger partial charge in [-0.1, -0.05) is 12.1 Å². The summed E-state index contributed by atoms with van der Waals surface area (Å²) in [6.45, 7) is 5.62. The zero-order valence-electron chi connectivity index (χ0n) is 17.8. The molecule has 1 fully saturated rings. The minimum absolute atomic E-state index is 0. The molecule has 10 heteroatoms. The zero-order valence-corrected chi connectivity index (χ0v) is 18.7. The summed E-state index contributed by atoms with van der Waals surface area (Å²) in [5.41, 5.74) is 1.15. The fourth-order valence-corrected chi connectivity index (χ4v) is 3.85. The Bertz CT molecular complexity index is 1120. The lowest BCUT2D eigenvalue weighted by atomic mass is 10.1. The monoisotopic (exact) mass is 476 g/mol. The third kappa shape index (κ3) is 6.11. The van der Waals surface area contributed by atoms with Crippen LogP contribution in [0.1, 0.15) is 16.8 Å². The summed E-state index contributed by atoms with van der Waals surface area (Å²) in [4.78, 5) is 12.6. The predicted molar refractivity (Wildman–Crippen MR) is 123 cm³/mol. The van der Waals surface area contributed by atoms with Crippen LogP contribution in [0.5, 0.6) is 0 Å². The number of nitriles is 1. The molecule has 1 aliphatic rings. The molecule has 0 amide bonds. The van der Waals surface area contributed by atoms with Crippen LogP contribution in [-0.2, 0) is 12.7 Å². The number of hydrogen-bond donors (Lipinski definition) is 1. The number of piperazine rings is 1. The van der Waals surface area contributed by atoms with Gasteiger partial charge < -0.3 is 10.2 Å². The van der Waals surface area contributed by atoms with Gasteiger partial charge in [-0.3, -0.25) is 4.90 Å². The Morgan fingerprint density at radius 3 is 2.58 bits per heavy atom. The summed E-state index contributed by atoms with van der Waals surface area (Å²) in [6, 6.07) is 13.7. The van der Waals surface area contributed by atoms with E-state index in [-0.39, 0.29) is 12.4 Å². The van der Waals surface area contributed by atoms with Crippen molar-refractivity contribution in [2.75, 3.05) is 44.2 Å². The number of benzene rings is 1. The van der Waals surface area contributed by atoms with Crippen LogP contribution >= 0.6 is 12.4 Å². The van der Waals surface area contributed by atoms with E-state index in [0.29, 0.717) is 28.8 Å². The Labute approximate surface area is 196 Å². The smallest absolute Gasteiger partial charge is 0.353 e. The molecule has 4 rings (SSSR count). The fraction of sp³-hybridized carbons (Fsp3) is 0.348. The summed E-state index contributed by atoms with van der Waals surface area (Å²) in [7, 11) is 0. The standard InChI is InChI=1S/C23H23F3N6.ClH/c24-23(25,26)21-5-4-19-20(30-21)6-7-29-22(19)32-12-10-31(11-13-32)9-8-28-16-18-3-1-2-17(14-18)15-27;/h1-7,14,28H,8-13,16H2;1H. The van der Waals surface area contributed by atoms with Crippen LogP contribution < -0.4 is 10.2 Å². The van der Waals surface area contributed by atoms with Crippen LogP contribution in [0.15, 0.2) is 48.7 Å². The van der Waals surface area contributed by atoms with Crippen molar-refractivity contribution in [3.05, 3.63) is 65.5 Å². The SMILES string of the molecule is Cl.N#Cc1cccc(CNCCN2CCN(c3nccc4nc(C(F)(F)F)ccc34)CC2)c1. The second-order valence-corrected chi connectivity index (χ2v) is 7.71. The molecule has 0 bridgehead atoms. The Hall–Kier alpha value is -2.93. The van der Waals surface area contributed by atoms with Crippen LogP contribution in [0.25, 0.3) is 10.9 Å². The predicted octanol–water partition coefficient (Wildman–Crippen LogP) is 3.85. The van der Waals surface area contributed by atoms with E-state index in [9.17, 15) is 13.2 Å². The van der Waals surface area contributed by atoms with E-state index >= 15 is 0 Å². The first kappa shape index (κ1) is 24.7. The van der Waals surface area contributed by atoms with E-state index in [0.717, 1.165) is 50.9 Å². The van der Waals surface area contributed by atoms with E-state index in [1.54, 1.807) is 6.07 Å². The maximum absolute atomic E-state index is 13.0. The highest BCUT2D eigenvalue weighted by atomic mass is 35.5. The third-order valence-corrected chi connectivity index (χ3v) is 5.55. The number of pyridine rings is 2. The topological polar surface area (TPSA) is 68.1 Å². The molecule has 1 saturated heterocycles. The number of alkyl halides is 3. The molecule has 0 aliphatic carbocycles. The average Bonchev–Trinajstić information content (AvgIpc) is 2.81. The molecule has 0 spiro atoms. The number of anilines is 1. The minimum atomic E-state index is -4.46. The van der Waals surface area contributed by atoms with Gasteiger partial charge in [0.05, 0.1) is 17.1 Å². The number of fused-ring (bicyclic) bond motifs is 1. The van der Waals surface area contributed by atoms with E-state index < -0.39 is 11.9 Å². The van der Waals surface area contributed by atoms with Gasteiger partial charge in [-0.05, 0) is 35.9 Å². The molecule has 0 unspecified atom stereocenters. The van der Waals surface area contributed by atoms with E-state index in [1.165, 1.54) is 18.3 Å². The number of hydrogen-bond acceptors (Lipinski definition) is 6. The first-order valence-electron chi connectivity index (χ1n) is 10.4. The Kier molecular flexibility index (Phi) is 8.08. The number of nitrogens with one attached hydrogen (secondary N) is 1. The van der Waals surface area contributed by atoms with Crippen molar-refractivity contribution in [3.63, 3.8) is 0 Å². The lowest BCUT2D eigenvalue weighted by molar-refractivity contribution is -0.140. The van der Waals surface area contributed by atoms with E-state index in [4.69, 9.17) is 5.26 Å². The molecular formula is C23H24ClF3N6. The molecule has 174 valence electrons. The molecule has 1 aliphatic heterocycles. The lowest BCUT2D eigenvalue weighted by Gasteiger charge is -2.35. The van der Waals surface area contributed by atoms with E-state index in [1.807, 2.05) is 18.2 Å². The van der Waals surface area contributed by atoms with Gasteiger partial charge in [-0.25, -0.2) is 9.97 Å². The summed E-state index contributed by atoms with van der Waals surface area (Å²) >= 11 is 0. The maximum Gasteiger partial charge on any atom is 0.433 e. The summed E-state index contributed by atoms with van der Waals surface area (Å²) in [5.74, 6) is 0.680. The van der Waals surface area contributed by atoms with Crippen LogP contribution in [0.4, 0.5) is 19.0 Å². The molecule has 2 aromatic heterocycles. The molecule has 0 radical (unpaired) electrons. The molecule has 33 heavy (non-hydrogen) atoms. The number of aromatic nitrogens is 2. The van der Waals surface area contributed by atoms with Crippen molar-refractivity contribution in [2.24, 2.45) is 0 Å². The number of halogens is 4. The second-order valence-electron chi connectivity index (χ2n) is 7.71. The van der Waals surface area contributed by atoms with Crippen molar-refractivity contribution >= 4 is 29.1 Å². The molecule has 3 aromatic rings. The van der Waals surface area contributed by atoms with Crippen molar-refractivity contribution < 1.29 is 13.2 Å². The molecule has 0 atom stereocenters. The van der Waals surface area contributed by atoms with Gasteiger partial charge in [0.15, 0.2) is 0 Å². The Morgan fingerprint density at radius 2 is 1.85 bits per heavy atom. The molecular weight excluding hydrogens is 453 g/mol. The van der Waals surface area contributed by atoms with E-state index in [2.05, 4.69) is 31.2 Å². The number of nitrogens with zero attached hydrogens (tertiary/aromatic N) is 5. The van der Waals surface area contributed by atoms with Gasteiger partial charge in [-0.2, -0.15) is 18.4 Å². The quantitative estimate of drug-likeness (QED) is 0.545. The molecule has 0 saturated carbocycles. The first-order valence-corrected chi connectivity index (χ1v) is 10.4. The molecule has 6 nitrogen and oxygen atoms in total. The maximum atomic E-state index is 13.0. The van der Waals surface area contributed by atoms with Crippen molar-refractivity contribution in [2.45, 2.75) is 12.7 Å². The zero-order chi connectivity index (χ0) is 22.6. The van der Waals surface area contributed by atoms with Crippen molar-refractivity contribution in [3.8, 4) is 6.07 Å². The highest BCUT2D eigenvalue weighted by Gasteiger charge is 2.32. The highest BCUT2D eigenvalue weighted by molar-refractivity contribution is 5.89. The van der Waals surface area contributed by atoms with Gasteiger partial charge >= 0.3 is 6.18 Å². The Balaban J connectivity index is 0.00000306. The van der Waals surface area contributed by atoms with Crippen molar-refractivity contribution in [1.82, 2.24) is 20.2 Å². The molecule has 1 aromatic carbocycles. The van der Waals surface area contributed by atoms with Crippen LogP contribution in [-0.4, -0.2) is 54.1 Å². The minimum Gasteiger partial charge on any atom is -0.353 e. The average molecular weight is 477 g/mol. The van der Waals surface area contributed by atoms with Crippen LogP contribution in [0.2, 0.25) is 0 Å². The fourth-order valence-electron chi connectivity index (χ4n) is 3.85.